The van der Waals surface area contributed by atoms with Crippen LogP contribution in [0.5, 0.6) is 0 Å². The Hall–Kier alpha value is -2.03. The lowest BCUT2D eigenvalue weighted by Gasteiger charge is -2.38. The van der Waals surface area contributed by atoms with Gasteiger partial charge in [0.05, 0.1) is 12.1 Å². The molecule has 0 bridgehead atoms. The van der Waals surface area contributed by atoms with Gasteiger partial charge in [-0.25, -0.2) is 4.39 Å². The van der Waals surface area contributed by atoms with Gasteiger partial charge in [-0.3, -0.25) is 9.59 Å². The minimum atomic E-state index is -0.976. The first-order valence-corrected chi connectivity index (χ1v) is 8.03. The average Bonchev–Trinajstić information content (AvgIpc) is 2.54. The molecule has 0 aliphatic carbocycles. The molecule has 138 valence electrons. The molecule has 25 heavy (non-hydrogen) atoms. The Morgan fingerprint density at radius 2 is 2.24 bits per heavy atom. The maximum atomic E-state index is 13.6. The average molecular weight is 353 g/mol. The van der Waals surface area contributed by atoms with Crippen molar-refractivity contribution in [1.29, 1.82) is 0 Å². The molecule has 1 aromatic carbocycles. The van der Waals surface area contributed by atoms with Crippen molar-refractivity contribution in [3.8, 4) is 0 Å². The zero-order valence-electron chi connectivity index (χ0n) is 14.6. The summed E-state index contributed by atoms with van der Waals surface area (Å²) in [6.45, 7) is 0.239. The van der Waals surface area contributed by atoms with Gasteiger partial charge < -0.3 is 25.0 Å². The van der Waals surface area contributed by atoms with Crippen LogP contribution in [0.3, 0.4) is 0 Å². The van der Waals surface area contributed by atoms with Crippen molar-refractivity contribution >= 4 is 11.8 Å². The summed E-state index contributed by atoms with van der Waals surface area (Å²) >= 11 is 0. The van der Waals surface area contributed by atoms with Crippen LogP contribution in [0.15, 0.2) is 24.3 Å². The van der Waals surface area contributed by atoms with Crippen molar-refractivity contribution < 1.29 is 23.8 Å². The van der Waals surface area contributed by atoms with E-state index in [9.17, 15) is 19.1 Å². The Labute approximate surface area is 146 Å². The summed E-state index contributed by atoms with van der Waals surface area (Å²) < 4.78 is 19.0. The largest absolute Gasteiger partial charge is 0.390 e. The number of rotatable bonds is 6. The smallest absolute Gasteiger partial charge is 0.251 e. The second-order valence-electron chi connectivity index (χ2n) is 6.40. The molecule has 3 atom stereocenters. The molecule has 0 spiro atoms. The third-order valence-corrected chi connectivity index (χ3v) is 4.02. The van der Waals surface area contributed by atoms with E-state index in [1.807, 2.05) is 14.1 Å². The molecule has 1 aliphatic rings. The molecule has 2 N–H and O–H groups in total. The number of carbonyl (C=O) groups is 2. The van der Waals surface area contributed by atoms with Crippen molar-refractivity contribution in [2.75, 3.05) is 40.8 Å². The van der Waals surface area contributed by atoms with Crippen LogP contribution in [0, 0.1) is 5.82 Å². The lowest BCUT2D eigenvalue weighted by atomic mass is 9.97. The Morgan fingerprint density at radius 3 is 2.88 bits per heavy atom. The van der Waals surface area contributed by atoms with E-state index in [1.54, 1.807) is 18.0 Å². The number of nitrogens with zero attached hydrogens (tertiary/aromatic N) is 2. The van der Waals surface area contributed by atoms with Gasteiger partial charge in [-0.1, -0.05) is 12.1 Å². The molecule has 8 heteroatoms. The van der Waals surface area contributed by atoms with Gasteiger partial charge in [0.2, 0.25) is 5.91 Å². The minimum Gasteiger partial charge on any atom is -0.390 e. The molecule has 3 unspecified atom stereocenters. The minimum absolute atomic E-state index is 0.0599. The first-order valence-electron chi connectivity index (χ1n) is 8.03. The highest BCUT2D eigenvalue weighted by atomic mass is 19.1. The van der Waals surface area contributed by atoms with Crippen molar-refractivity contribution in [2.24, 2.45) is 0 Å². The standard InChI is InChI=1S/C17H24FN3O4/c1-20(2)9-13(22)8-19-17(24)16-15(21(3)14(23)10-25-16)11-5-4-6-12(18)7-11/h4-7,13,15-16,22H,8-10H2,1-3H3,(H,19,24). The van der Waals surface area contributed by atoms with E-state index in [0.717, 1.165) is 0 Å². The van der Waals surface area contributed by atoms with Gasteiger partial charge in [0.25, 0.3) is 5.91 Å². The van der Waals surface area contributed by atoms with E-state index in [-0.39, 0.29) is 19.1 Å². The molecule has 1 fully saturated rings. The third-order valence-electron chi connectivity index (χ3n) is 4.02. The number of aliphatic hydroxyl groups is 1. The Kier molecular flexibility index (Phi) is 6.46. The molecular weight excluding hydrogens is 329 g/mol. The van der Waals surface area contributed by atoms with Gasteiger partial charge >= 0.3 is 0 Å². The summed E-state index contributed by atoms with van der Waals surface area (Å²) in [7, 11) is 5.19. The van der Waals surface area contributed by atoms with E-state index >= 15 is 0 Å². The van der Waals surface area contributed by atoms with Gasteiger partial charge in [-0.2, -0.15) is 0 Å². The van der Waals surface area contributed by atoms with Crippen molar-refractivity contribution in [3.63, 3.8) is 0 Å². The van der Waals surface area contributed by atoms with Gasteiger partial charge in [-0.15, -0.1) is 0 Å². The molecule has 1 heterocycles. The first kappa shape index (κ1) is 19.3. The fourth-order valence-corrected chi connectivity index (χ4v) is 2.83. The third kappa shape index (κ3) is 4.97. The number of morpholine rings is 1. The monoisotopic (exact) mass is 353 g/mol. The highest BCUT2D eigenvalue weighted by molar-refractivity contribution is 5.86. The van der Waals surface area contributed by atoms with E-state index in [1.165, 1.54) is 23.1 Å². The summed E-state index contributed by atoms with van der Waals surface area (Å²) in [5.41, 5.74) is 0.476. The second-order valence-corrected chi connectivity index (χ2v) is 6.40. The second kappa shape index (κ2) is 8.37. The molecule has 1 aromatic rings. The van der Waals surface area contributed by atoms with Crippen LogP contribution in [0.25, 0.3) is 0 Å². The molecule has 0 aromatic heterocycles. The predicted molar refractivity (Wildman–Crippen MR) is 89.2 cm³/mol. The summed E-state index contributed by atoms with van der Waals surface area (Å²) in [6, 6.07) is 5.01. The summed E-state index contributed by atoms with van der Waals surface area (Å²) in [4.78, 5) is 27.7. The van der Waals surface area contributed by atoms with Crippen LogP contribution in [-0.2, 0) is 14.3 Å². The van der Waals surface area contributed by atoms with Crippen LogP contribution >= 0.6 is 0 Å². The zero-order chi connectivity index (χ0) is 18.6. The molecule has 1 saturated heterocycles. The lowest BCUT2D eigenvalue weighted by Crippen LogP contribution is -2.54. The molecule has 2 amide bonds. The molecule has 0 saturated carbocycles. The van der Waals surface area contributed by atoms with E-state index in [4.69, 9.17) is 4.74 Å². The SMILES string of the molecule is CN(C)CC(O)CNC(=O)C1OCC(=O)N(C)C1c1cccc(F)c1. The fraction of sp³-hybridized carbons (Fsp3) is 0.529. The van der Waals surface area contributed by atoms with Crippen LogP contribution in [0.4, 0.5) is 4.39 Å². The van der Waals surface area contributed by atoms with Crippen LogP contribution in [-0.4, -0.2) is 79.8 Å². The Balaban J connectivity index is 2.13. The van der Waals surface area contributed by atoms with Gasteiger partial charge in [-0.05, 0) is 31.8 Å². The van der Waals surface area contributed by atoms with Crippen molar-refractivity contribution in [3.05, 3.63) is 35.6 Å². The topological polar surface area (TPSA) is 82.1 Å². The number of likely N-dealkylation sites (N-methyl/N-ethyl adjacent to an activating group) is 2. The van der Waals surface area contributed by atoms with Gasteiger partial charge in [0.1, 0.15) is 12.4 Å². The number of nitrogens with one attached hydrogen (secondary N) is 1. The summed E-state index contributed by atoms with van der Waals surface area (Å²) in [5, 5.41) is 12.5. The highest BCUT2D eigenvalue weighted by Gasteiger charge is 2.40. The number of hydrogen-bond acceptors (Lipinski definition) is 5. The maximum Gasteiger partial charge on any atom is 0.251 e. The first-order chi connectivity index (χ1) is 11.8. The fourth-order valence-electron chi connectivity index (χ4n) is 2.83. The van der Waals surface area contributed by atoms with Crippen molar-refractivity contribution in [2.45, 2.75) is 18.2 Å². The zero-order valence-corrected chi connectivity index (χ0v) is 14.6. The van der Waals surface area contributed by atoms with Gasteiger partial charge in [0.15, 0.2) is 6.10 Å². The maximum absolute atomic E-state index is 13.6. The number of benzene rings is 1. The number of aliphatic hydroxyl groups excluding tert-OH is 1. The van der Waals surface area contributed by atoms with Crippen LogP contribution in [0.1, 0.15) is 11.6 Å². The van der Waals surface area contributed by atoms with Crippen molar-refractivity contribution in [1.82, 2.24) is 15.1 Å². The number of ether oxygens (including phenoxy) is 1. The van der Waals surface area contributed by atoms with E-state index in [2.05, 4.69) is 5.32 Å². The number of carbonyl (C=O) groups excluding carboxylic acids is 2. The normalized spacial score (nSPS) is 22.2. The van der Waals surface area contributed by atoms with Gasteiger partial charge in [0, 0.05) is 20.1 Å². The molecular formula is C17H24FN3O4. The predicted octanol–water partition coefficient (Wildman–Crippen LogP) is -0.237. The number of halogens is 1. The quantitative estimate of drug-likeness (QED) is 0.738. The lowest BCUT2D eigenvalue weighted by molar-refractivity contribution is -0.162. The van der Waals surface area contributed by atoms with Crippen LogP contribution in [0.2, 0.25) is 0 Å². The summed E-state index contributed by atoms with van der Waals surface area (Å²) in [6.07, 6.45) is -1.70. The van der Waals surface area contributed by atoms with E-state index < -0.39 is 30.0 Å². The molecule has 1 aliphatic heterocycles. The molecule has 7 nitrogen and oxygen atoms in total. The van der Waals surface area contributed by atoms with E-state index in [0.29, 0.717) is 12.1 Å². The Bertz CT molecular complexity index is 626. The number of hydrogen-bond donors (Lipinski definition) is 2. The summed E-state index contributed by atoms with van der Waals surface area (Å²) in [5.74, 6) is -1.19. The highest BCUT2D eigenvalue weighted by Crippen LogP contribution is 2.29. The Morgan fingerprint density at radius 1 is 1.52 bits per heavy atom. The molecule has 2 rings (SSSR count). The molecule has 0 radical (unpaired) electrons. The van der Waals surface area contributed by atoms with Crippen LogP contribution < -0.4 is 5.32 Å². The number of amides is 2.